The van der Waals surface area contributed by atoms with E-state index in [1.54, 1.807) is 24.3 Å². The molecule has 3 aromatic heterocycles. The smallest absolute Gasteiger partial charge is 0.206 e. The van der Waals surface area contributed by atoms with Crippen LogP contribution < -0.4 is 9.80 Å². The summed E-state index contributed by atoms with van der Waals surface area (Å²) in [6.45, 7) is 0. The molecular weight excluding hydrogens is 1340 g/mol. The van der Waals surface area contributed by atoms with Crippen LogP contribution in [0.5, 0.6) is 0 Å². The lowest BCUT2D eigenvalue weighted by molar-refractivity contribution is 0.596. The van der Waals surface area contributed by atoms with Gasteiger partial charge in [-0.2, -0.15) is 5.26 Å². The summed E-state index contributed by atoms with van der Waals surface area (Å²) in [5.74, 6) is 0. The molecular formula is C99H60N6O2S. The highest BCUT2D eigenvalue weighted by Gasteiger charge is 2.53. The first-order valence-electron chi connectivity index (χ1n) is 36.7. The van der Waals surface area contributed by atoms with E-state index in [0.29, 0.717) is 5.56 Å². The molecule has 19 aromatic rings. The van der Waals surface area contributed by atoms with Gasteiger partial charge in [0.25, 0.3) is 0 Å². The molecule has 8 nitrogen and oxygen atoms in total. The van der Waals surface area contributed by atoms with Gasteiger partial charge >= 0.3 is 0 Å². The minimum absolute atomic E-state index is 0.123. The average Bonchev–Trinajstić information content (AvgIpc) is 1.49. The predicted octanol–water partition coefficient (Wildman–Crippen LogP) is 24.0. The van der Waals surface area contributed by atoms with Crippen LogP contribution in [0.3, 0.4) is 0 Å². The van der Waals surface area contributed by atoms with Gasteiger partial charge in [0.1, 0.15) is 0 Å². The van der Waals surface area contributed by atoms with E-state index in [1.807, 2.05) is 12.1 Å². The molecule has 9 heteroatoms. The van der Waals surface area contributed by atoms with Gasteiger partial charge in [0.05, 0.1) is 88.1 Å². The fraction of sp³-hybridized carbons (Fsp3) is 0.0202. The van der Waals surface area contributed by atoms with E-state index in [4.69, 9.17) is 0 Å². The molecule has 2 aliphatic heterocycles. The SMILES string of the molecule is N#Cc1ccc(S(=O)(=O)c2ccc(-n3c4ccccc4c4c5c(c6ccccc6n5-c5ccc(N6c7ccccc7C7(c8ccccc8-c8ccccc87)c7ccccc76)cc5)c5c(c6ccccc6n5-c5ccc(N6c7ccccc7C7(c8ccccc8-c8ccccc87)c7ccccc76)cc5)c43)cc2)cc1. The van der Waals surface area contributed by atoms with Crippen LogP contribution in [0.25, 0.3) is 105 Å². The van der Waals surface area contributed by atoms with E-state index in [0.717, 1.165) is 117 Å². The van der Waals surface area contributed by atoms with E-state index >= 15 is 0 Å². The Balaban J connectivity index is 0.761. The van der Waals surface area contributed by atoms with Crippen LogP contribution in [0.1, 0.15) is 50.1 Å². The third-order valence-electron chi connectivity index (χ3n) is 23.9. The van der Waals surface area contributed by atoms with Crippen molar-refractivity contribution in [3.05, 3.63) is 414 Å². The number of nitriles is 1. The maximum Gasteiger partial charge on any atom is 0.206 e. The molecule has 0 fully saturated rings. The molecule has 0 amide bonds. The van der Waals surface area contributed by atoms with Gasteiger partial charge < -0.3 is 23.5 Å². The summed E-state index contributed by atoms with van der Waals surface area (Å²) in [4.78, 5) is 5.20. The van der Waals surface area contributed by atoms with Crippen molar-refractivity contribution in [1.82, 2.24) is 13.7 Å². The van der Waals surface area contributed by atoms with Crippen molar-refractivity contribution < 1.29 is 8.42 Å². The van der Waals surface area contributed by atoms with Crippen molar-refractivity contribution in [3.8, 4) is 45.4 Å². The minimum atomic E-state index is -3.97. The van der Waals surface area contributed by atoms with Crippen molar-refractivity contribution in [3.63, 3.8) is 0 Å². The van der Waals surface area contributed by atoms with Gasteiger partial charge in [0.2, 0.25) is 9.84 Å². The fourth-order valence-corrected chi connectivity index (χ4v) is 21.0. The standard InChI is InChI=1S/C99H60N6O2S/c100-61-62-45-57-68(58-46-62)108(106,107)69-59-55-67(56-60-69)105-87-40-18-7-29-76(87)94-96-92(74-27-5-16-38-85(74)103(96)65-51-47-63(48-52-65)101-88-41-19-12-34-81(88)98(82-35-13-20-42-89(82)101)77-30-8-1-23-70(77)71-24-2-9-31-78(71)98)95-93(97(94)105)75-28-6-17-39-86(75)104(95)66-53-49-64(50-54-66)102-90-43-21-14-36-83(90)99(84-37-15-22-44-91(84)102)79-32-10-3-25-72(79)73-26-4-11-33-80(73)99/h1-60H. The highest BCUT2D eigenvalue weighted by molar-refractivity contribution is 7.91. The van der Waals surface area contributed by atoms with Crippen molar-refractivity contribution in [2.75, 3.05) is 9.80 Å². The lowest BCUT2D eigenvalue weighted by Gasteiger charge is -2.45. The lowest BCUT2D eigenvalue weighted by Crippen LogP contribution is -2.36. The zero-order chi connectivity index (χ0) is 71.3. The van der Waals surface area contributed by atoms with Crippen LogP contribution >= 0.6 is 0 Å². The molecule has 2 aliphatic carbocycles. The van der Waals surface area contributed by atoms with Crippen molar-refractivity contribution in [2.45, 2.75) is 20.6 Å². The molecule has 108 heavy (non-hydrogen) atoms. The summed E-state index contributed by atoms with van der Waals surface area (Å²) in [7, 11) is -3.97. The number of rotatable bonds is 7. The van der Waals surface area contributed by atoms with Crippen molar-refractivity contribution >= 4 is 109 Å². The second-order valence-electron chi connectivity index (χ2n) is 28.8. The number of hydrogen-bond acceptors (Lipinski definition) is 5. The summed E-state index contributed by atoms with van der Waals surface area (Å²) in [5, 5.41) is 16.1. The van der Waals surface area contributed by atoms with E-state index in [2.05, 4.69) is 345 Å². The molecule has 0 saturated carbocycles. The summed E-state index contributed by atoms with van der Waals surface area (Å²) in [6.07, 6.45) is 0. The van der Waals surface area contributed by atoms with E-state index in [9.17, 15) is 13.7 Å². The zero-order valence-electron chi connectivity index (χ0n) is 58.0. The Morgan fingerprint density at radius 1 is 0.250 bits per heavy atom. The molecule has 5 heterocycles. The maximum absolute atomic E-state index is 14.5. The topological polar surface area (TPSA) is 79.2 Å². The van der Waals surface area contributed by atoms with Gasteiger partial charge in [-0.25, -0.2) is 8.42 Å². The van der Waals surface area contributed by atoms with Crippen LogP contribution in [0, 0.1) is 11.3 Å². The number of hydrogen-bond donors (Lipinski definition) is 0. The number of benzene rings is 16. The summed E-state index contributed by atoms with van der Waals surface area (Å²) in [6, 6.07) is 132. The monoisotopic (exact) mass is 1400 g/mol. The van der Waals surface area contributed by atoms with Crippen molar-refractivity contribution in [1.29, 1.82) is 5.26 Å². The van der Waals surface area contributed by atoms with Gasteiger partial charge in [-0.15, -0.1) is 0 Å². The molecule has 4 aliphatic rings. The molecule has 0 atom stereocenters. The molecule has 0 radical (unpaired) electrons. The van der Waals surface area contributed by atoms with Crippen LogP contribution in [0.4, 0.5) is 34.1 Å². The Morgan fingerprint density at radius 3 is 0.796 bits per heavy atom. The third kappa shape index (κ3) is 7.77. The molecule has 0 bridgehead atoms. The zero-order valence-corrected chi connectivity index (χ0v) is 58.9. The average molecular weight is 1400 g/mol. The Morgan fingerprint density at radius 2 is 0.491 bits per heavy atom. The highest BCUT2D eigenvalue weighted by Crippen LogP contribution is 2.66. The Hall–Kier alpha value is -14.0. The molecule has 504 valence electrons. The number of aromatic nitrogens is 3. The molecule has 0 saturated heterocycles. The first-order chi connectivity index (χ1) is 53.3. The van der Waals surface area contributed by atoms with Gasteiger partial charge in [-0.1, -0.05) is 224 Å². The second kappa shape index (κ2) is 22.3. The summed E-state index contributed by atoms with van der Waals surface area (Å²) >= 11 is 0. The molecule has 0 N–H and O–H groups in total. The van der Waals surface area contributed by atoms with Gasteiger partial charge in [0, 0.05) is 60.8 Å². The minimum Gasteiger partial charge on any atom is -0.310 e. The van der Waals surface area contributed by atoms with Crippen LogP contribution in [0.2, 0.25) is 0 Å². The normalized spacial score (nSPS) is 13.9. The number of fused-ring (bicyclic) bond motifs is 30. The van der Waals surface area contributed by atoms with E-state index < -0.39 is 20.7 Å². The fourth-order valence-electron chi connectivity index (χ4n) is 19.8. The number of nitrogens with zero attached hydrogens (tertiary/aromatic N) is 6. The Bertz CT molecular complexity index is 6820. The lowest BCUT2D eigenvalue weighted by atomic mass is 9.64. The van der Waals surface area contributed by atoms with E-state index in [1.165, 1.54) is 78.9 Å². The Kier molecular flexibility index (Phi) is 12.4. The first-order valence-corrected chi connectivity index (χ1v) is 38.2. The van der Waals surface area contributed by atoms with Gasteiger partial charge in [-0.05, 0) is 206 Å². The largest absolute Gasteiger partial charge is 0.310 e. The van der Waals surface area contributed by atoms with Crippen molar-refractivity contribution in [2.24, 2.45) is 0 Å². The van der Waals surface area contributed by atoms with Gasteiger partial charge in [-0.3, -0.25) is 0 Å². The highest BCUT2D eigenvalue weighted by atomic mass is 32.2. The maximum atomic E-state index is 14.5. The number of anilines is 6. The molecule has 23 rings (SSSR count). The molecule has 2 spiro atoms. The van der Waals surface area contributed by atoms with Crippen LogP contribution in [-0.4, -0.2) is 22.1 Å². The van der Waals surface area contributed by atoms with Gasteiger partial charge in [0.15, 0.2) is 0 Å². The Labute approximate surface area is 622 Å². The summed E-state index contributed by atoms with van der Waals surface area (Å²) in [5.41, 5.74) is 30.0. The second-order valence-corrected chi connectivity index (χ2v) is 30.8. The third-order valence-corrected chi connectivity index (χ3v) is 25.7. The number of para-hydroxylation sites is 7. The van der Waals surface area contributed by atoms with E-state index in [-0.39, 0.29) is 9.79 Å². The first kappa shape index (κ1) is 60.4. The molecule has 0 unspecified atom stereocenters. The predicted molar refractivity (Wildman–Crippen MR) is 437 cm³/mol. The molecule has 16 aromatic carbocycles. The summed E-state index contributed by atoms with van der Waals surface area (Å²) < 4.78 is 36.4. The van der Waals surface area contributed by atoms with Crippen LogP contribution in [0.15, 0.2) is 374 Å². The quantitative estimate of drug-likeness (QED) is 0.159. The number of sulfone groups is 1. The van der Waals surface area contributed by atoms with Crippen LogP contribution in [-0.2, 0) is 20.7 Å².